The Hall–Kier alpha value is -0.0400. The molecule has 70 valence electrons. The van der Waals surface area contributed by atoms with Gasteiger partial charge in [0.1, 0.15) is 0 Å². The molecule has 0 aromatic carbocycles. The lowest BCUT2D eigenvalue weighted by molar-refractivity contribution is -0.0458. The van der Waals surface area contributed by atoms with E-state index in [2.05, 4.69) is 13.8 Å². The van der Waals surface area contributed by atoms with Crippen LogP contribution in [-0.2, 0) is 4.74 Å². The predicted octanol–water partition coefficient (Wildman–Crippen LogP) is 2.99. The summed E-state index contributed by atoms with van der Waals surface area (Å²) < 4.78 is 6.01. The van der Waals surface area contributed by atoms with Gasteiger partial charge in [0.05, 0.1) is 12.2 Å². The van der Waals surface area contributed by atoms with Crippen molar-refractivity contribution in [1.29, 1.82) is 0 Å². The molecule has 1 heteroatoms. The highest BCUT2D eigenvalue weighted by molar-refractivity contribution is 4.95. The van der Waals surface area contributed by atoms with Crippen LogP contribution in [0.4, 0.5) is 0 Å². The highest BCUT2D eigenvalue weighted by Crippen LogP contribution is 2.45. The summed E-state index contributed by atoms with van der Waals surface area (Å²) in [5.41, 5.74) is 0.303. The van der Waals surface area contributed by atoms with Gasteiger partial charge in [-0.05, 0) is 24.7 Å². The minimum atomic E-state index is 0.303. The SMILES string of the molecule is C[C@@H]1COC2(CCCCC2)[C@H]1C. The van der Waals surface area contributed by atoms with Gasteiger partial charge < -0.3 is 4.74 Å². The molecule has 1 aliphatic heterocycles. The summed E-state index contributed by atoms with van der Waals surface area (Å²) in [6.45, 7) is 5.71. The minimum absolute atomic E-state index is 0.303. The van der Waals surface area contributed by atoms with E-state index in [1.807, 2.05) is 0 Å². The van der Waals surface area contributed by atoms with Gasteiger partial charge in [0.2, 0.25) is 0 Å². The van der Waals surface area contributed by atoms with E-state index in [0.717, 1.165) is 18.4 Å². The fraction of sp³-hybridized carbons (Fsp3) is 1.00. The van der Waals surface area contributed by atoms with Gasteiger partial charge in [0, 0.05) is 0 Å². The molecule has 0 amide bonds. The Bertz CT molecular complexity index is 153. The van der Waals surface area contributed by atoms with Crippen molar-refractivity contribution in [2.75, 3.05) is 6.61 Å². The zero-order chi connectivity index (χ0) is 8.60. The predicted molar refractivity (Wildman–Crippen MR) is 50.1 cm³/mol. The molecule has 12 heavy (non-hydrogen) atoms. The Morgan fingerprint density at radius 1 is 1.08 bits per heavy atom. The van der Waals surface area contributed by atoms with E-state index < -0.39 is 0 Å². The van der Waals surface area contributed by atoms with Crippen molar-refractivity contribution in [3.05, 3.63) is 0 Å². The van der Waals surface area contributed by atoms with E-state index in [0.29, 0.717) is 5.60 Å². The molecule has 1 heterocycles. The smallest absolute Gasteiger partial charge is 0.0711 e. The summed E-state index contributed by atoms with van der Waals surface area (Å²) in [4.78, 5) is 0. The van der Waals surface area contributed by atoms with E-state index >= 15 is 0 Å². The minimum Gasteiger partial charge on any atom is -0.374 e. The van der Waals surface area contributed by atoms with Gasteiger partial charge in [-0.15, -0.1) is 0 Å². The summed E-state index contributed by atoms with van der Waals surface area (Å²) >= 11 is 0. The van der Waals surface area contributed by atoms with Crippen LogP contribution in [0.3, 0.4) is 0 Å². The average molecular weight is 168 g/mol. The molecule has 2 fully saturated rings. The molecule has 1 nitrogen and oxygen atoms in total. The Kier molecular flexibility index (Phi) is 2.16. The van der Waals surface area contributed by atoms with Crippen LogP contribution in [0.5, 0.6) is 0 Å². The maximum atomic E-state index is 6.01. The maximum Gasteiger partial charge on any atom is 0.0711 e. The Morgan fingerprint density at radius 3 is 2.25 bits per heavy atom. The van der Waals surface area contributed by atoms with E-state index in [9.17, 15) is 0 Å². The van der Waals surface area contributed by atoms with Crippen LogP contribution in [0.2, 0.25) is 0 Å². The second-order valence-corrected chi connectivity index (χ2v) is 4.70. The molecule has 0 bridgehead atoms. The first-order chi connectivity index (χ1) is 5.75. The fourth-order valence-electron chi connectivity index (χ4n) is 2.84. The third kappa shape index (κ3) is 1.19. The molecule has 0 radical (unpaired) electrons. The standard InChI is InChI=1S/C11H20O/c1-9-8-12-11(10(9)2)6-4-3-5-7-11/h9-10H,3-8H2,1-2H3/t9-,10+/m1/s1. The molecule has 0 aromatic heterocycles. The molecule has 1 saturated carbocycles. The third-order valence-corrected chi connectivity index (χ3v) is 4.02. The van der Waals surface area contributed by atoms with Crippen LogP contribution in [0.15, 0.2) is 0 Å². The molecule has 2 aliphatic rings. The monoisotopic (exact) mass is 168 g/mol. The molecule has 0 aromatic rings. The van der Waals surface area contributed by atoms with Gasteiger partial charge in [0.15, 0.2) is 0 Å². The fourth-order valence-corrected chi connectivity index (χ4v) is 2.84. The van der Waals surface area contributed by atoms with Gasteiger partial charge in [-0.1, -0.05) is 33.1 Å². The van der Waals surface area contributed by atoms with Crippen molar-refractivity contribution in [3.8, 4) is 0 Å². The first-order valence-corrected chi connectivity index (χ1v) is 5.38. The topological polar surface area (TPSA) is 9.23 Å². The molecule has 0 unspecified atom stereocenters. The lowest BCUT2D eigenvalue weighted by Gasteiger charge is -2.37. The van der Waals surface area contributed by atoms with Crippen LogP contribution < -0.4 is 0 Å². The number of rotatable bonds is 0. The zero-order valence-corrected chi connectivity index (χ0v) is 8.31. The molecule has 2 atom stereocenters. The quantitative estimate of drug-likeness (QED) is 0.540. The van der Waals surface area contributed by atoms with Crippen LogP contribution in [-0.4, -0.2) is 12.2 Å². The highest BCUT2D eigenvalue weighted by atomic mass is 16.5. The average Bonchev–Trinajstić information content (AvgIpc) is 2.37. The first-order valence-electron chi connectivity index (χ1n) is 5.38. The van der Waals surface area contributed by atoms with E-state index in [1.54, 1.807) is 0 Å². The van der Waals surface area contributed by atoms with Crippen LogP contribution in [0.1, 0.15) is 46.0 Å². The summed E-state index contributed by atoms with van der Waals surface area (Å²) in [6, 6.07) is 0. The number of hydrogen-bond donors (Lipinski definition) is 0. The zero-order valence-electron chi connectivity index (χ0n) is 8.31. The lowest BCUT2D eigenvalue weighted by atomic mass is 9.74. The molecule has 1 saturated heterocycles. The second-order valence-electron chi connectivity index (χ2n) is 4.70. The van der Waals surface area contributed by atoms with Crippen molar-refractivity contribution in [2.45, 2.75) is 51.6 Å². The maximum absolute atomic E-state index is 6.01. The molecule has 1 aliphatic carbocycles. The summed E-state index contributed by atoms with van der Waals surface area (Å²) in [5.74, 6) is 1.57. The lowest BCUT2D eigenvalue weighted by Crippen LogP contribution is -2.37. The van der Waals surface area contributed by atoms with Gasteiger partial charge in [0.25, 0.3) is 0 Å². The first kappa shape index (κ1) is 8.55. The van der Waals surface area contributed by atoms with Crippen LogP contribution in [0, 0.1) is 11.8 Å². The number of ether oxygens (including phenoxy) is 1. The molecular weight excluding hydrogens is 148 g/mol. The summed E-state index contributed by atoms with van der Waals surface area (Å²) in [5, 5.41) is 0. The van der Waals surface area contributed by atoms with E-state index in [4.69, 9.17) is 4.74 Å². The van der Waals surface area contributed by atoms with E-state index in [-0.39, 0.29) is 0 Å². The molecule has 1 spiro atoms. The Morgan fingerprint density at radius 2 is 1.75 bits per heavy atom. The van der Waals surface area contributed by atoms with Gasteiger partial charge in [-0.2, -0.15) is 0 Å². The van der Waals surface area contributed by atoms with Gasteiger partial charge in [-0.25, -0.2) is 0 Å². The van der Waals surface area contributed by atoms with E-state index in [1.165, 1.54) is 32.1 Å². The summed E-state index contributed by atoms with van der Waals surface area (Å²) in [6.07, 6.45) is 6.83. The molecule has 0 N–H and O–H groups in total. The highest BCUT2D eigenvalue weighted by Gasteiger charge is 2.45. The normalized spacial score (nSPS) is 40.5. The Balaban J connectivity index is 2.09. The number of hydrogen-bond acceptors (Lipinski definition) is 1. The van der Waals surface area contributed by atoms with Crippen molar-refractivity contribution in [1.82, 2.24) is 0 Å². The second kappa shape index (κ2) is 3.02. The largest absolute Gasteiger partial charge is 0.374 e. The third-order valence-electron chi connectivity index (χ3n) is 4.02. The molecular formula is C11H20O. The van der Waals surface area contributed by atoms with Crippen molar-refractivity contribution in [3.63, 3.8) is 0 Å². The Labute approximate surface area is 75.5 Å². The molecule has 2 rings (SSSR count). The summed E-state index contributed by atoms with van der Waals surface area (Å²) in [7, 11) is 0. The van der Waals surface area contributed by atoms with Crippen molar-refractivity contribution < 1.29 is 4.74 Å². The van der Waals surface area contributed by atoms with Crippen LogP contribution in [0.25, 0.3) is 0 Å². The van der Waals surface area contributed by atoms with Crippen LogP contribution >= 0.6 is 0 Å². The van der Waals surface area contributed by atoms with Crippen molar-refractivity contribution in [2.24, 2.45) is 11.8 Å². The van der Waals surface area contributed by atoms with Crippen molar-refractivity contribution >= 4 is 0 Å². The van der Waals surface area contributed by atoms with Gasteiger partial charge in [-0.3, -0.25) is 0 Å². The van der Waals surface area contributed by atoms with Gasteiger partial charge >= 0.3 is 0 Å².